The number of amides is 1. The van der Waals surface area contributed by atoms with Gasteiger partial charge in [0.05, 0.1) is 5.71 Å². The highest BCUT2D eigenvalue weighted by Gasteiger charge is 2.21. The van der Waals surface area contributed by atoms with E-state index in [0.29, 0.717) is 5.69 Å². The van der Waals surface area contributed by atoms with E-state index in [0.717, 1.165) is 52.7 Å². The number of hydrogen-bond donors (Lipinski definition) is 2. The maximum atomic E-state index is 12.3. The molecule has 114 valence electrons. The van der Waals surface area contributed by atoms with Crippen molar-refractivity contribution in [2.75, 3.05) is 0 Å². The van der Waals surface area contributed by atoms with Crippen molar-refractivity contribution >= 4 is 27.5 Å². The molecule has 0 atom stereocenters. The van der Waals surface area contributed by atoms with Gasteiger partial charge in [0.2, 0.25) is 0 Å². The van der Waals surface area contributed by atoms with Crippen LogP contribution in [0.2, 0.25) is 0 Å². The van der Waals surface area contributed by atoms with Gasteiger partial charge in [-0.05, 0) is 50.3 Å². The highest BCUT2D eigenvalue weighted by atomic mass is 79.9. The number of rotatable bonds is 3. The number of H-pyrrole nitrogens is 1. The van der Waals surface area contributed by atoms with E-state index in [4.69, 9.17) is 0 Å². The second-order valence-corrected chi connectivity index (χ2v) is 6.30. The van der Waals surface area contributed by atoms with Crippen molar-refractivity contribution in [1.82, 2.24) is 15.6 Å². The Hall–Kier alpha value is -1.95. The van der Waals surface area contributed by atoms with Crippen LogP contribution in [0.3, 0.4) is 0 Å². The molecule has 0 unspecified atom stereocenters. The third kappa shape index (κ3) is 3.11. The molecule has 3 rings (SSSR count). The maximum absolute atomic E-state index is 12.3. The molecule has 0 saturated carbocycles. The fourth-order valence-corrected chi connectivity index (χ4v) is 2.88. The summed E-state index contributed by atoms with van der Waals surface area (Å²) in [7, 11) is 0. The van der Waals surface area contributed by atoms with Crippen LogP contribution in [-0.2, 0) is 12.8 Å². The lowest BCUT2D eigenvalue weighted by Crippen LogP contribution is -2.21. The summed E-state index contributed by atoms with van der Waals surface area (Å²) >= 11 is 3.40. The molecule has 22 heavy (non-hydrogen) atoms. The molecule has 1 aliphatic rings. The molecule has 0 radical (unpaired) electrons. The maximum Gasteiger partial charge on any atom is 0.292 e. The first-order chi connectivity index (χ1) is 10.6. The Morgan fingerprint density at radius 2 is 2.00 bits per heavy atom. The summed E-state index contributed by atoms with van der Waals surface area (Å²) < 4.78 is 1.01. The molecule has 6 heteroatoms. The largest absolute Gasteiger partial charge is 0.292 e. The van der Waals surface area contributed by atoms with E-state index >= 15 is 0 Å². The highest BCUT2D eigenvalue weighted by molar-refractivity contribution is 9.10. The molecule has 1 aliphatic carbocycles. The smallest absolute Gasteiger partial charge is 0.281 e. The Bertz CT molecular complexity index is 718. The molecule has 1 aromatic heterocycles. The van der Waals surface area contributed by atoms with Gasteiger partial charge in [-0.15, -0.1) is 0 Å². The van der Waals surface area contributed by atoms with Crippen LogP contribution in [0.4, 0.5) is 0 Å². The molecule has 0 fully saturated rings. The Morgan fingerprint density at radius 1 is 1.27 bits per heavy atom. The van der Waals surface area contributed by atoms with Gasteiger partial charge in [0, 0.05) is 15.7 Å². The molecule has 0 saturated heterocycles. The van der Waals surface area contributed by atoms with Gasteiger partial charge >= 0.3 is 0 Å². The summed E-state index contributed by atoms with van der Waals surface area (Å²) in [6.45, 7) is 1.86. The van der Waals surface area contributed by atoms with Crippen molar-refractivity contribution in [3.63, 3.8) is 0 Å². The SMILES string of the molecule is C/C(=N\NC(=O)c1n[nH]c2c1CCCC2)c1ccc(Br)cc1. The topological polar surface area (TPSA) is 70.1 Å². The minimum atomic E-state index is -0.254. The van der Waals surface area contributed by atoms with E-state index in [9.17, 15) is 4.79 Å². The van der Waals surface area contributed by atoms with E-state index in [1.165, 1.54) is 0 Å². The van der Waals surface area contributed by atoms with Gasteiger partial charge in [-0.25, -0.2) is 5.43 Å². The number of carbonyl (C=O) groups excluding carboxylic acids is 1. The molecule has 0 aliphatic heterocycles. The number of nitrogens with one attached hydrogen (secondary N) is 2. The number of aromatic nitrogens is 2. The summed E-state index contributed by atoms with van der Waals surface area (Å²) in [6.07, 6.45) is 4.13. The van der Waals surface area contributed by atoms with Gasteiger partial charge in [0.25, 0.3) is 5.91 Å². The Balaban J connectivity index is 1.73. The van der Waals surface area contributed by atoms with E-state index in [1.807, 2.05) is 31.2 Å². The van der Waals surface area contributed by atoms with Gasteiger partial charge < -0.3 is 0 Å². The Kier molecular flexibility index (Phi) is 4.38. The molecular formula is C16H17BrN4O. The fraction of sp³-hybridized carbons (Fsp3) is 0.312. The van der Waals surface area contributed by atoms with Gasteiger partial charge in [-0.3, -0.25) is 9.89 Å². The number of carbonyl (C=O) groups is 1. The first-order valence-electron chi connectivity index (χ1n) is 7.32. The normalized spacial score (nSPS) is 14.5. The number of hydrazone groups is 1. The fourth-order valence-electron chi connectivity index (χ4n) is 2.61. The zero-order valence-electron chi connectivity index (χ0n) is 12.3. The molecule has 5 nitrogen and oxygen atoms in total. The zero-order valence-corrected chi connectivity index (χ0v) is 13.9. The number of hydrogen-bond acceptors (Lipinski definition) is 3. The monoisotopic (exact) mass is 360 g/mol. The van der Waals surface area contributed by atoms with Crippen molar-refractivity contribution < 1.29 is 4.79 Å². The van der Waals surface area contributed by atoms with Crippen LogP contribution in [-0.4, -0.2) is 21.8 Å². The summed E-state index contributed by atoms with van der Waals surface area (Å²) in [5.74, 6) is -0.254. The number of fused-ring (bicyclic) bond motifs is 1. The lowest BCUT2D eigenvalue weighted by molar-refractivity contribution is 0.0949. The molecule has 1 aromatic carbocycles. The first kappa shape index (κ1) is 15.0. The van der Waals surface area contributed by atoms with Crippen molar-refractivity contribution in [3.05, 3.63) is 51.3 Å². The van der Waals surface area contributed by atoms with Crippen LogP contribution < -0.4 is 5.43 Å². The van der Waals surface area contributed by atoms with Gasteiger partial charge in [0.15, 0.2) is 5.69 Å². The summed E-state index contributed by atoms with van der Waals surface area (Å²) in [5.41, 5.74) is 6.93. The first-order valence-corrected chi connectivity index (χ1v) is 8.11. The van der Waals surface area contributed by atoms with Crippen LogP contribution in [0.5, 0.6) is 0 Å². The zero-order chi connectivity index (χ0) is 15.5. The second-order valence-electron chi connectivity index (χ2n) is 5.38. The Morgan fingerprint density at radius 3 is 2.77 bits per heavy atom. The minimum Gasteiger partial charge on any atom is -0.281 e. The van der Waals surface area contributed by atoms with Crippen molar-refractivity contribution in [1.29, 1.82) is 0 Å². The van der Waals surface area contributed by atoms with Crippen molar-refractivity contribution in [2.45, 2.75) is 32.6 Å². The lowest BCUT2D eigenvalue weighted by atomic mass is 9.96. The second kappa shape index (κ2) is 6.44. The molecular weight excluding hydrogens is 344 g/mol. The van der Waals surface area contributed by atoms with Crippen molar-refractivity contribution in [2.24, 2.45) is 5.10 Å². The number of nitrogens with zero attached hydrogens (tertiary/aromatic N) is 2. The summed E-state index contributed by atoms with van der Waals surface area (Å²) in [4.78, 5) is 12.3. The number of benzene rings is 1. The minimum absolute atomic E-state index is 0.254. The van der Waals surface area contributed by atoms with E-state index in [1.54, 1.807) is 0 Å². The third-order valence-corrected chi connectivity index (χ3v) is 4.39. The lowest BCUT2D eigenvalue weighted by Gasteiger charge is -2.10. The molecule has 1 amide bonds. The van der Waals surface area contributed by atoms with Crippen LogP contribution in [0.1, 0.15) is 47.1 Å². The average molecular weight is 361 g/mol. The molecule has 2 N–H and O–H groups in total. The van der Waals surface area contributed by atoms with E-state index in [-0.39, 0.29) is 5.91 Å². The van der Waals surface area contributed by atoms with E-state index in [2.05, 4.69) is 36.7 Å². The summed E-state index contributed by atoms with van der Waals surface area (Å²) in [5, 5.41) is 11.3. The predicted octanol–water partition coefficient (Wildman–Crippen LogP) is 3.21. The van der Waals surface area contributed by atoms with Gasteiger partial charge in [-0.2, -0.15) is 10.2 Å². The number of halogens is 1. The predicted molar refractivity (Wildman–Crippen MR) is 89.0 cm³/mol. The summed E-state index contributed by atoms with van der Waals surface area (Å²) in [6, 6.07) is 7.79. The number of aromatic amines is 1. The van der Waals surface area contributed by atoms with Crippen LogP contribution in [0, 0.1) is 0 Å². The van der Waals surface area contributed by atoms with E-state index < -0.39 is 0 Å². The van der Waals surface area contributed by atoms with Crippen LogP contribution >= 0.6 is 15.9 Å². The number of aryl methyl sites for hydroxylation is 1. The van der Waals surface area contributed by atoms with Gasteiger partial charge in [-0.1, -0.05) is 28.1 Å². The third-order valence-electron chi connectivity index (χ3n) is 3.86. The molecule has 2 aromatic rings. The van der Waals surface area contributed by atoms with Crippen LogP contribution in [0.15, 0.2) is 33.8 Å². The van der Waals surface area contributed by atoms with Crippen LogP contribution in [0.25, 0.3) is 0 Å². The Labute approximate surface area is 137 Å². The average Bonchev–Trinajstić information content (AvgIpc) is 2.97. The molecule has 0 bridgehead atoms. The molecule has 1 heterocycles. The standard InChI is InChI=1S/C16H17BrN4O/c1-10(11-6-8-12(17)9-7-11)18-21-16(22)15-13-4-2-3-5-14(13)19-20-15/h6-9H,2-5H2,1H3,(H,19,20)(H,21,22)/b18-10+. The highest BCUT2D eigenvalue weighted by Crippen LogP contribution is 2.22. The van der Waals surface area contributed by atoms with Crippen molar-refractivity contribution in [3.8, 4) is 0 Å². The molecule has 0 spiro atoms. The van der Waals surface area contributed by atoms with Gasteiger partial charge in [0.1, 0.15) is 0 Å². The quantitative estimate of drug-likeness (QED) is 0.651.